The summed E-state index contributed by atoms with van der Waals surface area (Å²) in [5, 5.41) is 0.609. The minimum atomic E-state index is -0.340. The molecule has 154 valence electrons. The Morgan fingerprint density at radius 1 is 1.00 bits per heavy atom. The second-order valence-corrected chi connectivity index (χ2v) is 7.07. The normalized spacial score (nSPS) is 11.3. The lowest BCUT2D eigenvalue weighted by molar-refractivity contribution is 0.190. The van der Waals surface area contributed by atoms with Gasteiger partial charge in [-0.3, -0.25) is 14.2 Å². The number of aromatic nitrogens is 3. The number of aryl methyl sites for hydroxylation is 1. The van der Waals surface area contributed by atoms with Gasteiger partial charge in [0.05, 0.1) is 12.6 Å². The Balaban J connectivity index is 2.07. The molecule has 0 atom stereocenters. The average molecular weight is 405 g/mol. The van der Waals surface area contributed by atoms with E-state index in [-0.39, 0.29) is 16.4 Å². The van der Waals surface area contributed by atoms with Gasteiger partial charge in [-0.2, -0.15) is 0 Å². The van der Waals surface area contributed by atoms with Crippen molar-refractivity contribution in [3.8, 4) is 17.1 Å². The third-order valence-electron chi connectivity index (χ3n) is 5.28. The standard InChI is InChI=1S/C23H23N3O4/c1-25-18-8-5-4-7-17(18)20(27)19-22(25)24-21(15-9-11-16(30-3)12-10-15)26(23(19)28)13-6-14-29-2/h4-5,7-12H,6,13-14H2,1-3H3. The number of hydrogen-bond acceptors (Lipinski definition) is 5. The monoisotopic (exact) mass is 405 g/mol. The number of fused-ring (bicyclic) bond motifs is 2. The van der Waals surface area contributed by atoms with E-state index in [0.717, 1.165) is 11.1 Å². The van der Waals surface area contributed by atoms with Crippen LogP contribution in [0.2, 0.25) is 0 Å². The number of rotatable bonds is 6. The number of ether oxygens (including phenoxy) is 2. The van der Waals surface area contributed by atoms with Crippen molar-refractivity contribution in [2.75, 3.05) is 20.8 Å². The molecule has 30 heavy (non-hydrogen) atoms. The number of methoxy groups -OCH3 is 2. The van der Waals surface area contributed by atoms with Crippen LogP contribution in [-0.4, -0.2) is 34.9 Å². The van der Waals surface area contributed by atoms with Crippen LogP contribution in [0.5, 0.6) is 5.75 Å². The molecule has 0 saturated heterocycles. The van der Waals surface area contributed by atoms with Crippen molar-refractivity contribution in [1.29, 1.82) is 0 Å². The van der Waals surface area contributed by atoms with Crippen LogP contribution in [0.25, 0.3) is 33.3 Å². The van der Waals surface area contributed by atoms with Crippen LogP contribution >= 0.6 is 0 Å². The van der Waals surface area contributed by atoms with Crippen LogP contribution in [0, 0.1) is 0 Å². The van der Waals surface area contributed by atoms with Crippen LogP contribution < -0.4 is 15.7 Å². The van der Waals surface area contributed by atoms with Gasteiger partial charge in [-0.05, 0) is 42.8 Å². The topological polar surface area (TPSA) is 75.3 Å². The molecule has 0 spiro atoms. The zero-order valence-corrected chi connectivity index (χ0v) is 17.2. The maximum absolute atomic E-state index is 13.5. The Bertz CT molecular complexity index is 1340. The Morgan fingerprint density at radius 2 is 1.73 bits per heavy atom. The Morgan fingerprint density at radius 3 is 2.43 bits per heavy atom. The zero-order valence-electron chi connectivity index (χ0n) is 17.2. The number of pyridine rings is 1. The molecule has 0 bridgehead atoms. The van der Waals surface area contributed by atoms with E-state index in [1.807, 2.05) is 43.4 Å². The smallest absolute Gasteiger partial charge is 0.267 e. The van der Waals surface area contributed by atoms with E-state index in [1.54, 1.807) is 35.5 Å². The minimum absolute atomic E-state index is 0.103. The third-order valence-corrected chi connectivity index (χ3v) is 5.28. The van der Waals surface area contributed by atoms with E-state index in [0.29, 0.717) is 42.2 Å². The van der Waals surface area contributed by atoms with E-state index >= 15 is 0 Å². The van der Waals surface area contributed by atoms with Crippen LogP contribution in [0.3, 0.4) is 0 Å². The van der Waals surface area contributed by atoms with Crippen molar-refractivity contribution in [2.24, 2.45) is 7.05 Å². The first-order valence-corrected chi connectivity index (χ1v) is 9.72. The summed E-state index contributed by atoms with van der Waals surface area (Å²) in [4.78, 5) is 31.5. The fourth-order valence-corrected chi connectivity index (χ4v) is 3.73. The molecular weight excluding hydrogens is 382 g/mol. The van der Waals surface area contributed by atoms with Crippen molar-refractivity contribution in [1.82, 2.24) is 14.1 Å². The highest BCUT2D eigenvalue weighted by Crippen LogP contribution is 2.23. The van der Waals surface area contributed by atoms with E-state index < -0.39 is 0 Å². The number of nitrogens with zero attached hydrogens (tertiary/aromatic N) is 3. The molecule has 0 N–H and O–H groups in total. The molecule has 0 fully saturated rings. The molecule has 0 radical (unpaired) electrons. The van der Waals surface area contributed by atoms with Crippen LogP contribution in [0.1, 0.15) is 6.42 Å². The van der Waals surface area contributed by atoms with E-state index in [4.69, 9.17) is 14.5 Å². The van der Waals surface area contributed by atoms with E-state index in [9.17, 15) is 9.59 Å². The summed E-state index contributed by atoms with van der Waals surface area (Å²) in [6.45, 7) is 0.898. The molecule has 0 saturated carbocycles. The molecule has 4 rings (SSSR count). The minimum Gasteiger partial charge on any atom is -0.497 e. The SMILES string of the molecule is COCCCn1c(-c2ccc(OC)cc2)nc2c(c(=O)c3ccccc3n2C)c1=O. The Labute approximate surface area is 173 Å². The number of para-hydroxylation sites is 1. The molecule has 4 aromatic rings. The molecular formula is C23H23N3O4. The molecule has 2 aromatic heterocycles. The molecule has 2 heterocycles. The van der Waals surface area contributed by atoms with Gasteiger partial charge in [-0.1, -0.05) is 12.1 Å². The van der Waals surface area contributed by atoms with Crippen molar-refractivity contribution < 1.29 is 9.47 Å². The molecule has 0 aliphatic rings. The van der Waals surface area contributed by atoms with Gasteiger partial charge in [-0.15, -0.1) is 0 Å². The van der Waals surface area contributed by atoms with Crippen molar-refractivity contribution in [3.05, 3.63) is 69.1 Å². The van der Waals surface area contributed by atoms with Gasteiger partial charge in [0.15, 0.2) is 5.65 Å². The van der Waals surface area contributed by atoms with Gasteiger partial charge in [0.25, 0.3) is 5.56 Å². The number of benzene rings is 2. The maximum atomic E-state index is 13.5. The van der Waals surface area contributed by atoms with Gasteiger partial charge >= 0.3 is 0 Å². The fraction of sp³-hybridized carbons (Fsp3) is 0.261. The highest BCUT2D eigenvalue weighted by atomic mass is 16.5. The summed E-state index contributed by atoms with van der Waals surface area (Å²) < 4.78 is 13.8. The average Bonchev–Trinajstić information content (AvgIpc) is 2.78. The maximum Gasteiger partial charge on any atom is 0.267 e. The lowest BCUT2D eigenvalue weighted by Crippen LogP contribution is -2.29. The molecule has 7 nitrogen and oxygen atoms in total. The van der Waals surface area contributed by atoms with Gasteiger partial charge < -0.3 is 14.0 Å². The van der Waals surface area contributed by atoms with E-state index in [1.165, 1.54) is 0 Å². The predicted molar refractivity (Wildman–Crippen MR) is 117 cm³/mol. The first-order valence-electron chi connectivity index (χ1n) is 9.72. The Kier molecular flexibility index (Phi) is 5.37. The third kappa shape index (κ3) is 3.27. The molecule has 2 aromatic carbocycles. The van der Waals surface area contributed by atoms with Crippen LogP contribution in [0.4, 0.5) is 0 Å². The summed E-state index contributed by atoms with van der Waals surface area (Å²) in [5.74, 6) is 1.22. The van der Waals surface area contributed by atoms with Crippen molar-refractivity contribution >= 4 is 21.9 Å². The van der Waals surface area contributed by atoms with Gasteiger partial charge in [0.2, 0.25) is 5.43 Å². The van der Waals surface area contributed by atoms with Crippen molar-refractivity contribution in [2.45, 2.75) is 13.0 Å². The Hall–Kier alpha value is -3.45. The quantitative estimate of drug-likeness (QED) is 0.364. The lowest BCUT2D eigenvalue weighted by Gasteiger charge is -2.16. The molecule has 0 aliphatic carbocycles. The number of hydrogen-bond donors (Lipinski definition) is 0. The first-order chi connectivity index (χ1) is 14.6. The van der Waals surface area contributed by atoms with Gasteiger partial charge in [-0.25, -0.2) is 4.98 Å². The summed E-state index contributed by atoms with van der Waals surface area (Å²) >= 11 is 0. The molecule has 0 aliphatic heterocycles. The van der Waals surface area contributed by atoms with Crippen LogP contribution in [-0.2, 0) is 18.3 Å². The second-order valence-electron chi connectivity index (χ2n) is 7.07. The fourth-order valence-electron chi connectivity index (χ4n) is 3.73. The summed E-state index contributed by atoms with van der Waals surface area (Å²) in [7, 11) is 5.04. The van der Waals surface area contributed by atoms with Gasteiger partial charge in [0.1, 0.15) is 17.0 Å². The second kappa shape index (κ2) is 8.12. The highest BCUT2D eigenvalue weighted by molar-refractivity contribution is 5.91. The molecule has 7 heteroatoms. The molecule has 0 unspecified atom stereocenters. The highest BCUT2D eigenvalue weighted by Gasteiger charge is 2.19. The summed E-state index contributed by atoms with van der Waals surface area (Å²) in [6.07, 6.45) is 0.626. The summed E-state index contributed by atoms with van der Waals surface area (Å²) in [6, 6.07) is 14.6. The predicted octanol–water partition coefficient (Wildman–Crippen LogP) is 2.96. The van der Waals surface area contributed by atoms with E-state index in [2.05, 4.69) is 0 Å². The summed E-state index contributed by atoms with van der Waals surface area (Å²) in [5.41, 5.74) is 1.25. The largest absolute Gasteiger partial charge is 0.497 e. The molecule has 0 amide bonds. The lowest BCUT2D eigenvalue weighted by atomic mass is 10.1. The van der Waals surface area contributed by atoms with Crippen LogP contribution in [0.15, 0.2) is 58.1 Å². The van der Waals surface area contributed by atoms with Crippen molar-refractivity contribution in [3.63, 3.8) is 0 Å². The van der Waals surface area contributed by atoms with Gasteiger partial charge in [0, 0.05) is 38.3 Å². The zero-order chi connectivity index (χ0) is 21.3. The first kappa shape index (κ1) is 19.8.